The topological polar surface area (TPSA) is 47.6 Å². The first-order chi connectivity index (χ1) is 7.79. The van der Waals surface area contributed by atoms with E-state index in [0.29, 0.717) is 13.2 Å². The van der Waals surface area contributed by atoms with Gasteiger partial charge in [0.05, 0.1) is 0 Å². The molecule has 1 aromatic rings. The predicted octanol–water partition coefficient (Wildman–Crippen LogP) is 2.66. The van der Waals surface area contributed by atoms with Gasteiger partial charge >= 0.3 is 0 Å². The number of halogens is 1. The Balaban J connectivity index is 2.01. The van der Waals surface area contributed by atoms with Crippen LogP contribution in [0, 0.1) is 0 Å². The van der Waals surface area contributed by atoms with Crippen LogP contribution in [0.15, 0.2) is 33.7 Å². The number of ether oxygens (including phenoxy) is 1. The van der Waals surface area contributed by atoms with Crippen LogP contribution in [0.25, 0.3) is 0 Å². The number of hydrogen-bond acceptors (Lipinski definition) is 3. The molecule has 1 heterocycles. The lowest BCUT2D eigenvalue weighted by Gasteiger charge is -2.04. The molecule has 86 valence electrons. The van der Waals surface area contributed by atoms with E-state index in [9.17, 15) is 0 Å². The van der Waals surface area contributed by atoms with Crippen LogP contribution in [0.1, 0.15) is 24.4 Å². The van der Waals surface area contributed by atoms with Crippen LogP contribution in [0.4, 0.5) is 0 Å². The minimum Gasteiger partial charge on any atom is -0.478 e. The second kappa shape index (κ2) is 5.46. The molecule has 3 nitrogen and oxygen atoms in total. The Morgan fingerprint density at radius 3 is 2.81 bits per heavy atom. The van der Waals surface area contributed by atoms with Crippen LogP contribution < -0.4 is 5.73 Å². The molecule has 16 heavy (non-hydrogen) atoms. The van der Waals surface area contributed by atoms with E-state index in [2.05, 4.69) is 33.1 Å². The van der Waals surface area contributed by atoms with Crippen molar-refractivity contribution in [2.75, 3.05) is 13.2 Å². The van der Waals surface area contributed by atoms with Crippen LogP contribution in [0.2, 0.25) is 0 Å². The quantitative estimate of drug-likeness (QED) is 0.923. The molecule has 2 rings (SSSR count). The van der Waals surface area contributed by atoms with Gasteiger partial charge in [-0.3, -0.25) is 0 Å². The molecule has 4 heteroatoms. The molecule has 0 spiro atoms. The number of nitrogens with two attached hydrogens (primary N) is 1. The fourth-order valence-electron chi connectivity index (χ4n) is 1.67. The lowest BCUT2D eigenvalue weighted by Crippen LogP contribution is -2.04. The summed E-state index contributed by atoms with van der Waals surface area (Å²) < 4.78 is 6.62. The van der Waals surface area contributed by atoms with Crippen LogP contribution in [-0.4, -0.2) is 19.0 Å². The van der Waals surface area contributed by atoms with Crippen LogP contribution >= 0.6 is 15.9 Å². The number of benzene rings is 1. The number of aliphatic imine (C=N–C) groups is 1. The zero-order chi connectivity index (χ0) is 11.4. The van der Waals surface area contributed by atoms with Gasteiger partial charge in [0.15, 0.2) is 5.90 Å². The number of hydrogen-bond donors (Lipinski definition) is 1. The first-order valence-corrected chi connectivity index (χ1v) is 6.24. The lowest BCUT2D eigenvalue weighted by molar-refractivity contribution is 0.311. The van der Waals surface area contributed by atoms with Crippen molar-refractivity contribution in [3.63, 3.8) is 0 Å². The van der Waals surface area contributed by atoms with Gasteiger partial charge in [-0.15, -0.1) is 0 Å². The van der Waals surface area contributed by atoms with E-state index in [1.54, 1.807) is 0 Å². The maximum absolute atomic E-state index is 5.54. The molecular formula is C12H15BrN2O. The molecule has 0 saturated carbocycles. The molecular weight excluding hydrogens is 268 g/mol. The van der Waals surface area contributed by atoms with Gasteiger partial charge in [-0.2, -0.15) is 0 Å². The molecule has 1 atom stereocenters. The van der Waals surface area contributed by atoms with Gasteiger partial charge < -0.3 is 10.5 Å². The third kappa shape index (κ3) is 2.83. The van der Waals surface area contributed by atoms with Crippen molar-refractivity contribution in [2.45, 2.75) is 18.9 Å². The minimum atomic E-state index is 0.154. The number of nitrogens with zero attached hydrogens (tertiary/aromatic N) is 1. The van der Waals surface area contributed by atoms with Crippen molar-refractivity contribution in [3.8, 4) is 0 Å². The number of rotatable bonds is 4. The average molecular weight is 283 g/mol. The van der Waals surface area contributed by atoms with Gasteiger partial charge in [-0.05, 0) is 30.7 Å². The van der Waals surface area contributed by atoms with Crippen molar-refractivity contribution < 1.29 is 4.74 Å². The molecule has 0 bridgehead atoms. The smallest absolute Gasteiger partial charge is 0.184 e. The highest BCUT2D eigenvalue weighted by molar-refractivity contribution is 9.10. The van der Waals surface area contributed by atoms with E-state index in [1.807, 2.05) is 12.1 Å². The monoisotopic (exact) mass is 282 g/mol. The highest BCUT2D eigenvalue weighted by atomic mass is 79.9. The third-order valence-corrected chi connectivity index (χ3v) is 3.09. The normalized spacial score (nSPS) is 19.4. The fourth-order valence-corrected chi connectivity index (χ4v) is 1.93. The van der Waals surface area contributed by atoms with E-state index >= 15 is 0 Å². The molecule has 1 unspecified atom stereocenters. The molecule has 1 aromatic carbocycles. The van der Waals surface area contributed by atoms with Gasteiger partial charge in [0.2, 0.25) is 0 Å². The van der Waals surface area contributed by atoms with Crippen molar-refractivity contribution in [1.82, 2.24) is 0 Å². The van der Waals surface area contributed by atoms with Gasteiger partial charge in [-0.1, -0.05) is 28.1 Å². The zero-order valence-electron chi connectivity index (χ0n) is 9.03. The van der Waals surface area contributed by atoms with Crippen molar-refractivity contribution in [3.05, 3.63) is 34.3 Å². The molecule has 0 aliphatic carbocycles. The second-order valence-corrected chi connectivity index (χ2v) is 4.71. The zero-order valence-corrected chi connectivity index (χ0v) is 10.6. The highest BCUT2D eigenvalue weighted by Crippen LogP contribution is 2.25. The Kier molecular flexibility index (Phi) is 3.96. The predicted molar refractivity (Wildman–Crippen MR) is 68.6 cm³/mol. The summed E-state index contributed by atoms with van der Waals surface area (Å²) in [5, 5.41) is 0. The Labute approximate surface area is 104 Å². The molecule has 0 saturated heterocycles. The van der Waals surface area contributed by atoms with E-state index in [0.717, 1.165) is 23.2 Å². The lowest BCUT2D eigenvalue weighted by atomic mass is 10.1. The summed E-state index contributed by atoms with van der Waals surface area (Å²) in [5.41, 5.74) is 6.65. The summed E-state index contributed by atoms with van der Waals surface area (Å²) in [6.45, 7) is 1.34. The maximum atomic E-state index is 5.54. The summed E-state index contributed by atoms with van der Waals surface area (Å²) in [4.78, 5) is 4.55. The van der Waals surface area contributed by atoms with Gasteiger partial charge in [0, 0.05) is 10.9 Å². The Bertz CT molecular complexity index is 375. The minimum absolute atomic E-state index is 0.154. The summed E-state index contributed by atoms with van der Waals surface area (Å²) in [6.07, 6.45) is 1.79. The Morgan fingerprint density at radius 1 is 1.38 bits per heavy atom. The summed E-state index contributed by atoms with van der Waals surface area (Å²) in [7, 11) is 0. The maximum Gasteiger partial charge on any atom is 0.184 e. The van der Waals surface area contributed by atoms with E-state index in [1.165, 1.54) is 5.56 Å². The molecule has 0 amide bonds. The van der Waals surface area contributed by atoms with Gasteiger partial charge in [0.25, 0.3) is 0 Å². The standard InChI is InChI=1S/C12H15BrN2O/c13-10-5-3-9(4-6-10)11-8-16-12(15-11)2-1-7-14/h3-6,11H,1-2,7-8,14H2. The fraction of sp³-hybridized carbons (Fsp3) is 0.417. The summed E-state index contributed by atoms with van der Waals surface area (Å²) in [5.74, 6) is 0.846. The molecule has 2 N–H and O–H groups in total. The van der Waals surface area contributed by atoms with Crippen LogP contribution in [0.3, 0.4) is 0 Å². The SMILES string of the molecule is NCCCC1=NC(c2ccc(Br)cc2)CO1. The molecule has 0 fully saturated rings. The highest BCUT2D eigenvalue weighted by Gasteiger charge is 2.19. The first-order valence-electron chi connectivity index (χ1n) is 5.44. The molecule has 1 aliphatic heterocycles. The second-order valence-electron chi connectivity index (χ2n) is 3.79. The van der Waals surface area contributed by atoms with E-state index in [-0.39, 0.29) is 6.04 Å². The van der Waals surface area contributed by atoms with E-state index in [4.69, 9.17) is 10.5 Å². The van der Waals surface area contributed by atoms with Crippen LogP contribution in [-0.2, 0) is 4.74 Å². The molecule has 0 radical (unpaired) electrons. The van der Waals surface area contributed by atoms with Crippen molar-refractivity contribution in [1.29, 1.82) is 0 Å². The summed E-state index contributed by atoms with van der Waals surface area (Å²) in [6, 6.07) is 8.37. The van der Waals surface area contributed by atoms with Gasteiger partial charge in [0.1, 0.15) is 12.6 Å². The average Bonchev–Trinajstić information content (AvgIpc) is 2.76. The van der Waals surface area contributed by atoms with Crippen LogP contribution in [0.5, 0.6) is 0 Å². The first kappa shape index (κ1) is 11.6. The molecule has 0 aromatic heterocycles. The van der Waals surface area contributed by atoms with Crippen molar-refractivity contribution in [2.24, 2.45) is 10.7 Å². The van der Waals surface area contributed by atoms with Crippen molar-refractivity contribution >= 4 is 21.8 Å². The van der Waals surface area contributed by atoms with Gasteiger partial charge in [-0.25, -0.2) is 4.99 Å². The Hall–Kier alpha value is -0.870. The largest absolute Gasteiger partial charge is 0.478 e. The molecule has 1 aliphatic rings. The Morgan fingerprint density at radius 2 is 2.12 bits per heavy atom. The summed E-state index contributed by atoms with van der Waals surface area (Å²) >= 11 is 3.42. The van der Waals surface area contributed by atoms with E-state index < -0.39 is 0 Å². The third-order valence-electron chi connectivity index (χ3n) is 2.56.